The zero-order valence-electron chi connectivity index (χ0n) is 34.8. The Labute approximate surface area is 333 Å². The standard InChI is InChI=1S/C41H65N3O11S/c1-27(2)36(43-34(46)16-11-10-12-19-44-35(47)25-32(38(44)49)40(4,5)6)33(45)23-28(3)37(48)42-31-18-17-30(26-55-39(50)41(7,8)9)29(24-31)15-13-20-54-21-14-22-56(51,52)53/h17-18,24,27-28,32,36H,10-16,19-23,25-26H2,1-9H3,(H,42,48)(H,43,46)(H,51,52,53)/t28-,32?,36+/m1/s1. The molecule has 1 aromatic carbocycles. The van der Waals surface area contributed by atoms with Gasteiger partial charge in [0.15, 0.2) is 5.78 Å². The van der Waals surface area contributed by atoms with Crippen LogP contribution in [0.5, 0.6) is 0 Å². The lowest BCUT2D eigenvalue weighted by atomic mass is 9.80. The quantitative estimate of drug-likeness (QED) is 0.0533. The molecule has 56 heavy (non-hydrogen) atoms. The molecule has 316 valence electrons. The van der Waals surface area contributed by atoms with Crippen LogP contribution in [0.15, 0.2) is 18.2 Å². The SMILES string of the molecule is CC(C)[C@H](NC(=O)CCCCCN1C(=O)CC(C(C)(C)C)C1=O)C(=O)C[C@@H](C)C(=O)Nc1ccc(COC(=O)C(C)(C)C)c(CCCOCCCS(=O)(=O)O)c1. The van der Waals surface area contributed by atoms with Crippen molar-refractivity contribution in [2.75, 3.05) is 30.8 Å². The number of rotatable bonds is 23. The Balaban J connectivity index is 1.93. The van der Waals surface area contributed by atoms with Gasteiger partial charge in [-0.3, -0.25) is 38.2 Å². The summed E-state index contributed by atoms with van der Waals surface area (Å²) in [6.07, 6.45) is 3.30. The van der Waals surface area contributed by atoms with E-state index in [1.54, 1.807) is 45.9 Å². The molecule has 0 spiro atoms. The second-order valence-corrected chi connectivity index (χ2v) is 18.9. The fourth-order valence-electron chi connectivity index (χ4n) is 6.23. The van der Waals surface area contributed by atoms with Crippen LogP contribution in [0.2, 0.25) is 0 Å². The minimum Gasteiger partial charge on any atom is -0.460 e. The predicted molar refractivity (Wildman–Crippen MR) is 213 cm³/mol. The van der Waals surface area contributed by atoms with E-state index in [-0.39, 0.29) is 97.3 Å². The van der Waals surface area contributed by atoms with E-state index >= 15 is 0 Å². The summed E-state index contributed by atoms with van der Waals surface area (Å²) >= 11 is 0. The molecule has 1 fully saturated rings. The maximum absolute atomic E-state index is 13.4. The summed E-state index contributed by atoms with van der Waals surface area (Å²) in [6, 6.07) is 4.47. The fourth-order valence-corrected chi connectivity index (χ4v) is 6.71. The maximum Gasteiger partial charge on any atom is 0.311 e. The van der Waals surface area contributed by atoms with Crippen molar-refractivity contribution in [3.63, 3.8) is 0 Å². The molecular formula is C41H65N3O11S. The molecule has 2 rings (SSSR count). The average molecular weight is 808 g/mol. The van der Waals surface area contributed by atoms with Crippen LogP contribution in [-0.2, 0) is 61.4 Å². The number of ether oxygens (including phenoxy) is 2. The molecule has 0 saturated carbocycles. The normalized spacial score (nSPS) is 16.2. The molecule has 0 aliphatic carbocycles. The van der Waals surface area contributed by atoms with Crippen molar-refractivity contribution in [2.45, 2.75) is 133 Å². The number of imide groups is 1. The minimum absolute atomic E-state index is 0.0285. The van der Waals surface area contributed by atoms with Gasteiger partial charge in [-0.15, -0.1) is 0 Å². The number of anilines is 1. The Morgan fingerprint density at radius 2 is 1.59 bits per heavy atom. The third kappa shape index (κ3) is 16.8. The minimum atomic E-state index is -4.05. The highest BCUT2D eigenvalue weighted by atomic mass is 32.2. The number of nitrogens with one attached hydrogen (secondary N) is 2. The molecule has 1 aliphatic heterocycles. The monoisotopic (exact) mass is 807 g/mol. The second kappa shape index (κ2) is 21.7. The van der Waals surface area contributed by atoms with Gasteiger partial charge in [-0.2, -0.15) is 8.42 Å². The smallest absolute Gasteiger partial charge is 0.311 e. The lowest BCUT2D eigenvalue weighted by Crippen LogP contribution is -2.45. The molecular weight excluding hydrogens is 743 g/mol. The van der Waals surface area contributed by atoms with Crippen LogP contribution in [-0.4, -0.2) is 84.8 Å². The van der Waals surface area contributed by atoms with E-state index in [4.69, 9.17) is 14.0 Å². The van der Waals surface area contributed by atoms with Crippen LogP contribution in [0.25, 0.3) is 0 Å². The highest BCUT2D eigenvalue weighted by Gasteiger charge is 2.44. The number of unbranched alkanes of at least 4 members (excludes halogenated alkanes) is 2. The molecule has 14 nitrogen and oxygen atoms in total. The number of Topliss-reactive ketones (excluding diaryl/α,β-unsaturated/α-hetero) is 1. The van der Waals surface area contributed by atoms with Crippen LogP contribution in [0.3, 0.4) is 0 Å². The highest BCUT2D eigenvalue weighted by Crippen LogP contribution is 2.35. The summed E-state index contributed by atoms with van der Waals surface area (Å²) < 4.78 is 41.8. The van der Waals surface area contributed by atoms with Crippen LogP contribution in [0.1, 0.15) is 125 Å². The van der Waals surface area contributed by atoms with Gasteiger partial charge in [-0.05, 0) is 87.5 Å². The summed E-state index contributed by atoms with van der Waals surface area (Å²) in [7, 11) is -4.05. The third-order valence-corrected chi connectivity index (χ3v) is 10.5. The highest BCUT2D eigenvalue weighted by molar-refractivity contribution is 7.85. The van der Waals surface area contributed by atoms with Crippen LogP contribution in [0, 0.1) is 28.6 Å². The van der Waals surface area contributed by atoms with Gasteiger partial charge in [0.05, 0.1) is 23.1 Å². The first-order valence-electron chi connectivity index (χ1n) is 19.7. The van der Waals surface area contributed by atoms with Gasteiger partial charge >= 0.3 is 5.97 Å². The fraction of sp³-hybridized carbons (Fsp3) is 0.707. The Hall–Kier alpha value is -3.69. The van der Waals surface area contributed by atoms with Gasteiger partial charge in [0.25, 0.3) is 10.1 Å². The van der Waals surface area contributed by atoms with Crippen LogP contribution < -0.4 is 10.6 Å². The summed E-state index contributed by atoms with van der Waals surface area (Å²) in [5.74, 6) is -3.18. The number of likely N-dealkylation sites (tertiary alicyclic amines) is 1. The van der Waals surface area contributed by atoms with E-state index in [0.717, 1.165) is 11.1 Å². The van der Waals surface area contributed by atoms with Gasteiger partial charge in [0, 0.05) is 50.6 Å². The molecule has 3 N–H and O–H groups in total. The summed E-state index contributed by atoms with van der Waals surface area (Å²) in [5, 5.41) is 5.72. The molecule has 3 atom stereocenters. The van der Waals surface area contributed by atoms with E-state index < -0.39 is 27.5 Å². The van der Waals surface area contributed by atoms with Crippen molar-refractivity contribution in [1.82, 2.24) is 10.2 Å². The number of carbonyl (C=O) groups excluding carboxylic acids is 6. The van der Waals surface area contributed by atoms with Crippen LogP contribution in [0.4, 0.5) is 5.69 Å². The summed E-state index contributed by atoms with van der Waals surface area (Å²) in [4.78, 5) is 78.4. The number of nitrogens with zero attached hydrogens (tertiary/aromatic N) is 1. The largest absolute Gasteiger partial charge is 0.460 e. The van der Waals surface area contributed by atoms with E-state index in [9.17, 15) is 37.2 Å². The number of esters is 1. The number of hydrogen-bond acceptors (Lipinski definition) is 10. The zero-order chi connectivity index (χ0) is 42.4. The van der Waals surface area contributed by atoms with Crippen molar-refractivity contribution in [1.29, 1.82) is 0 Å². The molecule has 1 aliphatic rings. The third-order valence-electron chi connectivity index (χ3n) is 9.73. The summed E-state index contributed by atoms with van der Waals surface area (Å²) in [6.45, 7) is 17.3. The molecule has 1 aromatic rings. The van der Waals surface area contributed by atoms with E-state index in [1.807, 2.05) is 34.6 Å². The van der Waals surface area contributed by atoms with E-state index in [0.29, 0.717) is 50.9 Å². The van der Waals surface area contributed by atoms with Crippen molar-refractivity contribution < 1.29 is 51.2 Å². The number of ketones is 1. The molecule has 0 bridgehead atoms. The number of amides is 4. The van der Waals surface area contributed by atoms with E-state index in [2.05, 4.69) is 10.6 Å². The summed E-state index contributed by atoms with van der Waals surface area (Å²) in [5.41, 5.74) is 1.07. The molecule has 15 heteroatoms. The number of hydrogen-bond donors (Lipinski definition) is 3. The molecule has 0 aromatic heterocycles. The van der Waals surface area contributed by atoms with Gasteiger partial charge < -0.3 is 20.1 Å². The van der Waals surface area contributed by atoms with Gasteiger partial charge in [-0.1, -0.05) is 54.0 Å². The molecule has 1 unspecified atom stereocenters. The molecule has 4 amide bonds. The molecule has 0 radical (unpaired) electrons. The van der Waals surface area contributed by atoms with Crippen molar-refractivity contribution in [2.24, 2.45) is 28.6 Å². The number of aryl methyl sites for hydroxylation is 1. The lowest BCUT2D eigenvalue weighted by Gasteiger charge is -2.24. The van der Waals surface area contributed by atoms with Crippen molar-refractivity contribution in [3.05, 3.63) is 29.3 Å². The first-order chi connectivity index (χ1) is 25.9. The van der Waals surface area contributed by atoms with Crippen molar-refractivity contribution in [3.8, 4) is 0 Å². The predicted octanol–water partition coefficient (Wildman–Crippen LogP) is 5.66. The Morgan fingerprint density at radius 1 is 0.929 bits per heavy atom. The maximum atomic E-state index is 13.4. The molecule has 1 heterocycles. The molecule has 1 saturated heterocycles. The van der Waals surface area contributed by atoms with E-state index in [1.165, 1.54) is 4.90 Å². The first kappa shape index (κ1) is 48.5. The number of carbonyl (C=O) groups is 6. The van der Waals surface area contributed by atoms with Crippen LogP contribution >= 0.6 is 0 Å². The van der Waals surface area contributed by atoms with Gasteiger partial charge in [0.1, 0.15) is 6.61 Å². The second-order valence-electron chi connectivity index (χ2n) is 17.3. The van der Waals surface area contributed by atoms with Crippen molar-refractivity contribution >= 4 is 51.2 Å². The van der Waals surface area contributed by atoms with Gasteiger partial charge in [0.2, 0.25) is 23.6 Å². The topological polar surface area (TPSA) is 203 Å². The first-order valence-corrected chi connectivity index (χ1v) is 21.3. The number of benzene rings is 1. The Kier molecular flexibility index (Phi) is 18.8. The average Bonchev–Trinajstić information content (AvgIpc) is 3.37. The zero-order valence-corrected chi connectivity index (χ0v) is 35.6. The van der Waals surface area contributed by atoms with Gasteiger partial charge in [-0.25, -0.2) is 0 Å². The Bertz CT molecular complexity index is 1640. The lowest BCUT2D eigenvalue weighted by molar-refractivity contribution is -0.154. The Morgan fingerprint density at radius 3 is 2.18 bits per heavy atom.